The van der Waals surface area contributed by atoms with Crippen molar-refractivity contribution in [1.82, 2.24) is 10.2 Å². The number of rotatable bonds is 5. The number of nitrogens with zero attached hydrogens (tertiary/aromatic N) is 1. The van der Waals surface area contributed by atoms with E-state index in [9.17, 15) is 4.79 Å². The third-order valence-electron chi connectivity index (χ3n) is 1.47. The molecule has 0 rings (SSSR count). The summed E-state index contributed by atoms with van der Waals surface area (Å²) in [5.41, 5.74) is 0. The van der Waals surface area contributed by atoms with Crippen molar-refractivity contribution in [1.29, 1.82) is 0 Å². The van der Waals surface area contributed by atoms with Gasteiger partial charge in [-0.15, -0.1) is 6.42 Å². The van der Waals surface area contributed by atoms with E-state index in [-0.39, 0.29) is 5.91 Å². The highest BCUT2D eigenvalue weighted by Crippen LogP contribution is 1.91. The third-order valence-corrected chi connectivity index (χ3v) is 1.47. The first kappa shape index (κ1) is 11.0. The second-order valence-corrected chi connectivity index (χ2v) is 2.77. The fourth-order valence-corrected chi connectivity index (χ4v) is 0.749. The third kappa shape index (κ3) is 5.75. The van der Waals surface area contributed by atoms with Crippen molar-refractivity contribution in [2.45, 2.75) is 12.8 Å². The lowest BCUT2D eigenvalue weighted by molar-refractivity contribution is -0.128. The van der Waals surface area contributed by atoms with E-state index in [1.807, 2.05) is 0 Å². The Morgan fingerprint density at radius 2 is 2.25 bits per heavy atom. The maximum Gasteiger partial charge on any atom is 0.222 e. The summed E-state index contributed by atoms with van der Waals surface area (Å²) in [6, 6.07) is 0. The minimum absolute atomic E-state index is 0.164. The molecule has 0 heterocycles. The Morgan fingerprint density at radius 3 is 2.75 bits per heavy atom. The number of terminal acetylenes is 1. The molecule has 0 aliphatic heterocycles. The average molecular weight is 168 g/mol. The van der Waals surface area contributed by atoms with Gasteiger partial charge in [0.15, 0.2) is 0 Å². The van der Waals surface area contributed by atoms with Gasteiger partial charge in [-0.3, -0.25) is 4.79 Å². The summed E-state index contributed by atoms with van der Waals surface area (Å²) in [6.07, 6.45) is 6.46. The maximum atomic E-state index is 11.0. The van der Waals surface area contributed by atoms with Crippen LogP contribution in [0.1, 0.15) is 12.8 Å². The lowest BCUT2D eigenvalue weighted by Gasteiger charge is -2.09. The molecule has 0 atom stereocenters. The van der Waals surface area contributed by atoms with Gasteiger partial charge < -0.3 is 10.2 Å². The van der Waals surface area contributed by atoms with Gasteiger partial charge in [-0.2, -0.15) is 0 Å². The quantitative estimate of drug-likeness (QED) is 0.465. The van der Waals surface area contributed by atoms with Gasteiger partial charge in [0.25, 0.3) is 0 Å². The summed E-state index contributed by atoms with van der Waals surface area (Å²) in [5.74, 6) is 2.64. The number of amides is 1. The summed E-state index contributed by atoms with van der Waals surface area (Å²) < 4.78 is 0. The van der Waals surface area contributed by atoms with Crippen LogP contribution in [0.3, 0.4) is 0 Å². The molecular formula is C9H16N2O. The van der Waals surface area contributed by atoms with Crippen molar-refractivity contribution < 1.29 is 4.79 Å². The Morgan fingerprint density at radius 1 is 1.58 bits per heavy atom. The minimum Gasteiger partial charge on any atom is -0.349 e. The Hall–Kier alpha value is -1.01. The molecule has 0 saturated heterocycles. The minimum atomic E-state index is 0.164. The van der Waals surface area contributed by atoms with E-state index >= 15 is 0 Å². The van der Waals surface area contributed by atoms with E-state index in [1.54, 1.807) is 19.0 Å². The predicted molar refractivity (Wildman–Crippen MR) is 49.6 cm³/mol. The van der Waals surface area contributed by atoms with Crippen LogP contribution in [-0.2, 0) is 4.79 Å². The predicted octanol–water partition coefficient (Wildman–Crippen LogP) is 0.0776. The smallest absolute Gasteiger partial charge is 0.222 e. The molecule has 0 fully saturated rings. The van der Waals surface area contributed by atoms with Crippen molar-refractivity contribution in [2.75, 3.05) is 27.2 Å². The first-order valence-electron chi connectivity index (χ1n) is 4.03. The van der Waals surface area contributed by atoms with Crippen LogP contribution < -0.4 is 5.32 Å². The van der Waals surface area contributed by atoms with Crippen LogP contribution in [0.2, 0.25) is 0 Å². The summed E-state index contributed by atoms with van der Waals surface area (Å²) >= 11 is 0. The highest BCUT2D eigenvalue weighted by atomic mass is 16.2. The molecule has 3 nitrogen and oxygen atoms in total. The van der Waals surface area contributed by atoms with Gasteiger partial charge in [0, 0.05) is 20.5 Å². The van der Waals surface area contributed by atoms with Crippen LogP contribution in [0, 0.1) is 12.3 Å². The second kappa shape index (κ2) is 6.68. The molecule has 0 aliphatic rings. The van der Waals surface area contributed by atoms with Gasteiger partial charge in [-0.05, 0) is 13.0 Å². The standard InChI is InChI=1S/C9H16N2O/c1-4-7-10-8-5-6-9(12)11(2)3/h1,10H,5-8H2,2-3H3. The van der Waals surface area contributed by atoms with Crippen molar-refractivity contribution in [3.63, 3.8) is 0 Å². The Labute approximate surface area is 74.1 Å². The lowest BCUT2D eigenvalue weighted by atomic mass is 10.3. The number of carbonyl (C=O) groups is 1. The van der Waals surface area contributed by atoms with E-state index < -0.39 is 0 Å². The molecular weight excluding hydrogens is 152 g/mol. The molecule has 1 amide bonds. The monoisotopic (exact) mass is 168 g/mol. The molecule has 0 aromatic rings. The van der Waals surface area contributed by atoms with E-state index in [1.165, 1.54) is 0 Å². The van der Waals surface area contributed by atoms with Crippen LogP contribution in [0.15, 0.2) is 0 Å². The molecule has 0 aromatic carbocycles. The summed E-state index contributed by atoms with van der Waals surface area (Å²) in [7, 11) is 3.52. The summed E-state index contributed by atoms with van der Waals surface area (Å²) in [5, 5.41) is 3.02. The molecule has 0 unspecified atom stereocenters. The summed E-state index contributed by atoms with van der Waals surface area (Å²) in [6.45, 7) is 1.39. The Bertz CT molecular complexity index is 170. The molecule has 0 saturated carbocycles. The molecule has 3 heteroatoms. The zero-order valence-corrected chi connectivity index (χ0v) is 7.76. The van der Waals surface area contributed by atoms with Crippen LogP contribution >= 0.6 is 0 Å². The van der Waals surface area contributed by atoms with Gasteiger partial charge >= 0.3 is 0 Å². The Balaban J connectivity index is 3.21. The zero-order valence-electron chi connectivity index (χ0n) is 7.76. The highest BCUT2D eigenvalue weighted by Gasteiger charge is 2.01. The first-order chi connectivity index (χ1) is 5.68. The van der Waals surface area contributed by atoms with Gasteiger partial charge in [0.1, 0.15) is 0 Å². The van der Waals surface area contributed by atoms with Crippen molar-refractivity contribution in [3.8, 4) is 12.3 Å². The number of carbonyl (C=O) groups excluding carboxylic acids is 1. The second-order valence-electron chi connectivity index (χ2n) is 2.77. The normalized spacial score (nSPS) is 9.08. The topological polar surface area (TPSA) is 32.3 Å². The molecule has 0 radical (unpaired) electrons. The molecule has 1 N–H and O–H groups in total. The van der Waals surface area contributed by atoms with Gasteiger partial charge in [-0.25, -0.2) is 0 Å². The molecule has 0 aliphatic carbocycles. The fraction of sp³-hybridized carbons (Fsp3) is 0.667. The SMILES string of the molecule is C#CCNCCCC(=O)N(C)C. The number of nitrogens with one attached hydrogen (secondary N) is 1. The zero-order chi connectivity index (χ0) is 9.40. The van der Waals surface area contributed by atoms with E-state index in [0.29, 0.717) is 13.0 Å². The van der Waals surface area contributed by atoms with Gasteiger partial charge in [0.05, 0.1) is 6.54 Å². The van der Waals surface area contributed by atoms with Crippen molar-refractivity contribution >= 4 is 5.91 Å². The van der Waals surface area contributed by atoms with Crippen LogP contribution in [0.4, 0.5) is 0 Å². The fourth-order valence-electron chi connectivity index (χ4n) is 0.749. The van der Waals surface area contributed by atoms with Gasteiger partial charge in [0.2, 0.25) is 5.91 Å². The first-order valence-corrected chi connectivity index (χ1v) is 4.03. The lowest BCUT2D eigenvalue weighted by Crippen LogP contribution is -2.23. The van der Waals surface area contributed by atoms with Crippen LogP contribution in [0.5, 0.6) is 0 Å². The van der Waals surface area contributed by atoms with Crippen molar-refractivity contribution in [3.05, 3.63) is 0 Å². The van der Waals surface area contributed by atoms with E-state index in [0.717, 1.165) is 13.0 Å². The maximum absolute atomic E-state index is 11.0. The molecule has 0 spiro atoms. The largest absolute Gasteiger partial charge is 0.349 e. The molecule has 68 valence electrons. The number of hydrogen-bond donors (Lipinski definition) is 1. The molecule has 0 aromatic heterocycles. The van der Waals surface area contributed by atoms with E-state index in [2.05, 4.69) is 11.2 Å². The van der Waals surface area contributed by atoms with E-state index in [4.69, 9.17) is 6.42 Å². The average Bonchev–Trinajstić information content (AvgIpc) is 2.03. The number of hydrogen-bond acceptors (Lipinski definition) is 2. The molecule has 12 heavy (non-hydrogen) atoms. The molecule has 0 bridgehead atoms. The highest BCUT2D eigenvalue weighted by molar-refractivity contribution is 5.75. The summed E-state index contributed by atoms with van der Waals surface area (Å²) in [4.78, 5) is 12.6. The Kier molecular flexibility index (Phi) is 6.12. The van der Waals surface area contributed by atoms with Crippen LogP contribution in [-0.4, -0.2) is 38.0 Å². The van der Waals surface area contributed by atoms with Gasteiger partial charge in [-0.1, -0.05) is 5.92 Å². The van der Waals surface area contributed by atoms with Crippen molar-refractivity contribution in [2.24, 2.45) is 0 Å². The van der Waals surface area contributed by atoms with Crippen LogP contribution in [0.25, 0.3) is 0 Å².